The highest BCUT2D eigenvalue weighted by Crippen LogP contribution is 2.24. The van der Waals surface area contributed by atoms with Crippen molar-refractivity contribution in [1.29, 1.82) is 0 Å². The van der Waals surface area contributed by atoms with Gasteiger partial charge in [-0.25, -0.2) is 8.42 Å². The van der Waals surface area contributed by atoms with Crippen LogP contribution in [0.4, 0.5) is 11.4 Å². The Labute approximate surface area is 180 Å². The molecule has 1 N–H and O–H groups in total. The van der Waals surface area contributed by atoms with E-state index in [1.165, 1.54) is 4.31 Å². The minimum atomic E-state index is -3.63. The number of anilines is 2. The summed E-state index contributed by atoms with van der Waals surface area (Å²) in [7, 11) is -3.63. The van der Waals surface area contributed by atoms with Gasteiger partial charge in [0.2, 0.25) is 15.9 Å². The minimum absolute atomic E-state index is 0.340. The molecular formula is C23H33N3O3S. The highest BCUT2D eigenvalue weighted by Gasteiger charge is 2.29. The van der Waals surface area contributed by atoms with E-state index in [1.54, 1.807) is 19.1 Å². The van der Waals surface area contributed by atoms with Crippen molar-refractivity contribution in [2.75, 3.05) is 28.6 Å². The number of carbonyl (C=O) groups is 1. The Kier molecular flexibility index (Phi) is 7.89. The lowest BCUT2D eigenvalue weighted by Gasteiger charge is -2.28. The van der Waals surface area contributed by atoms with Crippen LogP contribution in [0.1, 0.15) is 37.5 Å². The number of hydrogen-bond donors (Lipinski definition) is 1. The van der Waals surface area contributed by atoms with Crippen molar-refractivity contribution in [2.24, 2.45) is 0 Å². The maximum absolute atomic E-state index is 12.8. The van der Waals surface area contributed by atoms with Gasteiger partial charge in [-0.3, -0.25) is 9.10 Å². The molecule has 1 amide bonds. The molecular weight excluding hydrogens is 398 g/mol. The van der Waals surface area contributed by atoms with Gasteiger partial charge in [0.05, 0.1) is 11.9 Å². The third-order valence-electron chi connectivity index (χ3n) is 5.37. The molecule has 6 nitrogen and oxygen atoms in total. The van der Waals surface area contributed by atoms with E-state index in [0.717, 1.165) is 41.7 Å². The van der Waals surface area contributed by atoms with Gasteiger partial charge in [-0.2, -0.15) is 0 Å². The molecule has 0 fully saturated rings. The van der Waals surface area contributed by atoms with E-state index in [4.69, 9.17) is 0 Å². The number of carbonyl (C=O) groups excluding carboxylic acids is 1. The summed E-state index contributed by atoms with van der Waals surface area (Å²) in [5, 5.41) is 2.87. The third-order valence-corrected chi connectivity index (χ3v) is 6.61. The zero-order valence-corrected chi connectivity index (χ0v) is 19.6. The summed E-state index contributed by atoms with van der Waals surface area (Å²) < 4.78 is 26.1. The van der Waals surface area contributed by atoms with Gasteiger partial charge in [0.25, 0.3) is 0 Å². The Morgan fingerprint density at radius 1 is 0.967 bits per heavy atom. The fraction of sp³-hybridized carbons (Fsp3) is 0.435. The number of nitrogens with one attached hydrogen (secondary N) is 1. The molecule has 2 rings (SSSR count). The lowest BCUT2D eigenvalue weighted by atomic mass is 10.1. The number of benzene rings is 2. The van der Waals surface area contributed by atoms with Crippen molar-refractivity contribution in [3.05, 3.63) is 59.2 Å². The zero-order chi connectivity index (χ0) is 22.5. The van der Waals surface area contributed by atoms with E-state index in [1.807, 2.05) is 44.2 Å². The van der Waals surface area contributed by atoms with Crippen LogP contribution in [0.3, 0.4) is 0 Å². The summed E-state index contributed by atoms with van der Waals surface area (Å²) in [6.07, 6.45) is 1.12. The van der Waals surface area contributed by atoms with Gasteiger partial charge in [0.15, 0.2) is 0 Å². The number of aryl methyl sites for hydroxylation is 2. The fourth-order valence-electron chi connectivity index (χ4n) is 3.42. The van der Waals surface area contributed by atoms with Gasteiger partial charge in [-0.15, -0.1) is 0 Å². The Morgan fingerprint density at radius 2 is 1.53 bits per heavy atom. The van der Waals surface area contributed by atoms with E-state index in [0.29, 0.717) is 12.2 Å². The summed E-state index contributed by atoms with van der Waals surface area (Å²) >= 11 is 0. The van der Waals surface area contributed by atoms with Gasteiger partial charge >= 0.3 is 0 Å². The predicted octanol–water partition coefficient (Wildman–Crippen LogP) is 3.62. The van der Waals surface area contributed by atoms with Gasteiger partial charge in [-0.05, 0) is 75.6 Å². The van der Waals surface area contributed by atoms with Crippen molar-refractivity contribution in [3.8, 4) is 0 Å². The Morgan fingerprint density at radius 3 is 2.03 bits per heavy atom. The summed E-state index contributed by atoms with van der Waals surface area (Å²) in [6, 6.07) is 12.6. The first-order valence-electron chi connectivity index (χ1n) is 10.3. The lowest BCUT2D eigenvalue weighted by Crippen LogP contribution is -2.47. The zero-order valence-electron chi connectivity index (χ0n) is 18.8. The quantitative estimate of drug-likeness (QED) is 0.658. The average molecular weight is 432 g/mol. The molecule has 2 aromatic carbocycles. The highest BCUT2D eigenvalue weighted by molar-refractivity contribution is 7.92. The van der Waals surface area contributed by atoms with Crippen LogP contribution in [0.2, 0.25) is 0 Å². The molecule has 0 aliphatic heterocycles. The molecule has 0 unspecified atom stereocenters. The lowest BCUT2D eigenvalue weighted by molar-refractivity contribution is -0.122. The maximum atomic E-state index is 12.8. The van der Waals surface area contributed by atoms with Crippen LogP contribution >= 0.6 is 0 Å². The van der Waals surface area contributed by atoms with E-state index in [-0.39, 0.29) is 5.91 Å². The van der Waals surface area contributed by atoms with Crippen molar-refractivity contribution in [2.45, 2.75) is 47.2 Å². The number of sulfonamides is 1. The Balaban J connectivity index is 2.13. The number of hydrogen-bond acceptors (Lipinski definition) is 4. The maximum Gasteiger partial charge on any atom is 0.243 e. The summed E-state index contributed by atoms with van der Waals surface area (Å²) in [4.78, 5) is 15.0. The van der Waals surface area contributed by atoms with Crippen LogP contribution in [0.5, 0.6) is 0 Å². The molecule has 0 aromatic heterocycles. The van der Waals surface area contributed by atoms with Crippen molar-refractivity contribution >= 4 is 27.3 Å². The number of rotatable bonds is 9. The third kappa shape index (κ3) is 5.75. The molecule has 0 bridgehead atoms. The first-order valence-corrected chi connectivity index (χ1v) is 12.1. The molecule has 1 atom stereocenters. The average Bonchev–Trinajstić information content (AvgIpc) is 2.69. The summed E-state index contributed by atoms with van der Waals surface area (Å²) in [5.74, 6) is -0.341. The second kappa shape index (κ2) is 9.98. The molecule has 0 radical (unpaired) electrons. The Hall–Kier alpha value is -2.54. The first-order chi connectivity index (χ1) is 14.1. The van der Waals surface area contributed by atoms with Crippen LogP contribution in [-0.2, 0) is 21.4 Å². The summed E-state index contributed by atoms with van der Waals surface area (Å²) in [5.41, 5.74) is 4.64. The van der Waals surface area contributed by atoms with Crippen molar-refractivity contribution in [1.82, 2.24) is 5.32 Å². The molecule has 30 heavy (non-hydrogen) atoms. The predicted molar refractivity (Wildman–Crippen MR) is 125 cm³/mol. The topological polar surface area (TPSA) is 69.7 Å². The van der Waals surface area contributed by atoms with E-state index in [2.05, 4.69) is 24.1 Å². The van der Waals surface area contributed by atoms with E-state index >= 15 is 0 Å². The van der Waals surface area contributed by atoms with Gasteiger partial charge < -0.3 is 10.2 Å². The highest BCUT2D eigenvalue weighted by atomic mass is 32.2. The molecule has 0 heterocycles. The number of amides is 1. The van der Waals surface area contributed by atoms with Crippen LogP contribution in [-0.4, -0.2) is 39.7 Å². The van der Waals surface area contributed by atoms with E-state index in [9.17, 15) is 13.2 Å². The molecule has 0 spiro atoms. The molecule has 0 saturated heterocycles. The van der Waals surface area contributed by atoms with Crippen molar-refractivity contribution in [3.63, 3.8) is 0 Å². The van der Waals surface area contributed by atoms with Crippen LogP contribution in [0.15, 0.2) is 42.5 Å². The monoisotopic (exact) mass is 431 g/mol. The standard InChI is InChI=1S/C23H33N3O3S/c1-7-25(8-2)21-13-10-20(11-14-21)16-24-23(27)19(5)26(30(6,28)29)22-12-9-17(3)18(4)15-22/h9-15,19H,7-8,16H2,1-6H3,(H,24,27)/t19-/m1/s1. The second-order valence-electron chi connectivity index (χ2n) is 7.56. The SMILES string of the molecule is CCN(CC)c1ccc(CNC(=O)[C@@H](C)N(c2ccc(C)c(C)c2)S(C)(=O)=O)cc1. The molecule has 7 heteroatoms. The molecule has 2 aromatic rings. The molecule has 0 aliphatic carbocycles. The fourth-order valence-corrected chi connectivity index (χ4v) is 4.59. The van der Waals surface area contributed by atoms with Gasteiger partial charge in [-0.1, -0.05) is 18.2 Å². The molecule has 0 aliphatic rings. The van der Waals surface area contributed by atoms with Gasteiger partial charge in [0, 0.05) is 25.3 Å². The normalized spacial score (nSPS) is 12.3. The van der Waals surface area contributed by atoms with Crippen LogP contribution in [0.25, 0.3) is 0 Å². The van der Waals surface area contributed by atoms with Crippen molar-refractivity contribution < 1.29 is 13.2 Å². The molecule has 0 saturated carbocycles. The smallest absolute Gasteiger partial charge is 0.243 e. The number of nitrogens with zero attached hydrogens (tertiary/aromatic N) is 2. The van der Waals surface area contributed by atoms with E-state index < -0.39 is 16.1 Å². The Bertz CT molecular complexity index is 968. The molecule has 164 valence electrons. The van der Waals surface area contributed by atoms with Gasteiger partial charge in [0.1, 0.15) is 6.04 Å². The largest absolute Gasteiger partial charge is 0.372 e. The van der Waals surface area contributed by atoms with Crippen LogP contribution in [0, 0.1) is 13.8 Å². The second-order valence-corrected chi connectivity index (χ2v) is 9.42. The van der Waals surface area contributed by atoms with Crippen LogP contribution < -0.4 is 14.5 Å². The summed E-state index contributed by atoms with van der Waals surface area (Å²) in [6.45, 7) is 11.9. The minimum Gasteiger partial charge on any atom is -0.372 e. The first kappa shape index (κ1) is 23.7.